The van der Waals surface area contributed by atoms with E-state index in [1.54, 1.807) is 63.4 Å². The fourth-order valence-corrected chi connectivity index (χ4v) is 4.86. The first-order chi connectivity index (χ1) is 19.9. The molecule has 2 heterocycles. The molecule has 0 saturated carbocycles. The maximum atomic E-state index is 12.8. The van der Waals surface area contributed by atoms with Crippen molar-refractivity contribution in [2.24, 2.45) is 0 Å². The Bertz CT molecular complexity index is 1540. The number of ether oxygens (including phenoxy) is 1. The molecule has 0 bridgehead atoms. The zero-order valence-electron chi connectivity index (χ0n) is 27.2. The van der Waals surface area contributed by atoms with E-state index in [9.17, 15) is 8.42 Å². The minimum absolute atomic E-state index is 0.0655. The van der Waals surface area contributed by atoms with Gasteiger partial charge in [-0.2, -0.15) is 4.98 Å². The van der Waals surface area contributed by atoms with Gasteiger partial charge >= 0.3 is 0 Å². The molecule has 3 N–H and O–H groups in total. The minimum Gasteiger partial charge on any atom is -0.492 e. The highest BCUT2D eigenvalue weighted by atomic mass is 32.2. The van der Waals surface area contributed by atoms with Crippen LogP contribution in [-0.4, -0.2) is 54.9 Å². The maximum absolute atomic E-state index is 12.8. The number of likely N-dealkylation sites (tertiary alicyclic amines) is 1. The second-order valence-electron chi connectivity index (χ2n) is 9.47. The lowest BCUT2D eigenvalue weighted by Crippen LogP contribution is -2.40. The number of benzene rings is 2. The van der Waals surface area contributed by atoms with Gasteiger partial charge in [-0.05, 0) is 96.0 Å². The van der Waals surface area contributed by atoms with Gasteiger partial charge in [0.15, 0.2) is 0 Å². The molecule has 2 unspecified atom stereocenters. The number of hydrogen-bond acceptors (Lipinski definition) is 8. The van der Waals surface area contributed by atoms with Gasteiger partial charge in [-0.25, -0.2) is 18.1 Å². The third-order valence-corrected chi connectivity index (χ3v) is 6.79. The monoisotopic (exact) mass is 530 g/mol. The fraction of sp³-hybridized carbons (Fsp3) is 0.407. The van der Waals surface area contributed by atoms with Gasteiger partial charge in [0.1, 0.15) is 18.2 Å². The Hall–Kier alpha value is -3.21. The van der Waals surface area contributed by atoms with Crippen LogP contribution in [0.5, 0.6) is 5.75 Å². The lowest BCUT2D eigenvalue weighted by Gasteiger charge is -2.20. The first kappa shape index (κ1) is 19.8. The second kappa shape index (κ2) is 11.5. The molecule has 10 heteroatoms. The van der Waals surface area contributed by atoms with Crippen LogP contribution in [0, 0.1) is 6.92 Å². The normalized spacial score (nSPS) is 21.3. The van der Waals surface area contributed by atoms with E-state index in [4.69, 9.17) is 13.0 Å². The number of hydrogen-bond donors (Lipinski definition) is 3. The number of nitrogens with one attached hydrogen (secondary N) is 3. The molecule has 1 aromatic heterocycles. The van der Waals surface area contributed by atoms with E-state index in [1.807, 2.05) is 6.92 Å². The topological polar surface area (TPSA) is 108 Å². The highest BCUT2D eigenvalue weighted by molar-refractivity contribution is 7.89. The Morgan fingerprint density at radius 2 is 1.81 bits per heavy atom. The lowest BCUT2D eigenvalue weighted by atomic mass is 10.1. The molecule has 1 fully saturated rings. The van der Waals surface area contributed by atoms with Gasteiger partial charge in [0.25, 0.3) is 0 Å². The van der Waals surface area contributed by atoms with Crippen molar-refractivity contribution in [1.82, 2.24) is 19.6 Å². The fourth-order valence-electron chi connectivity index (χ4n) is 3.40. The molecule has 2 atom stereocenters. The van der Waals surface area contributed by atoms with E-state index < -0.39 is 41.7 Å². The van der Waals surface area contributed by atoms with Crippen molar-refractivity contribution in [1.29, 1.82) is 0 Å². The molecule has 37 heavy (non-hydrogen) atoms. The Morgan fingerprint density at radius 3 is 2.51 bits per heavy atom. The number of nitrogens with zero attached hydrogens (tertiary/aromatic N) is 3. The van der Waals surface area contributed by atoms with Crippen molar-refractivity contribution < 1.29 is 21.4 Å². The summed E-state index contributed by atoms with van der Waals surface area (Å²) in [6.45, 7) is -0.0894. The Balaban J connectivity index is 1.42. The average molecular weight is 531 g/mol. The SMILES string of the molecule is [2H]C(Oc1ccc(Nc2ncc(C)c(Nc3cccc(S(=O)(=O)NC(C)(C)C)c3)n2)cc1)C([2H])N1C([2H])([2H])CCC1([2H])[2H]. The number of sulfonamides is 1. The molecule has 4 rings (SSSR count). The summed E-state index contributed by atoms with van der Waals surface area (Å²) in [4.78, 5) is 9.70. The third-order valence-electron chi connectivity index (χ3n) is 5.03. The molecule has 3 aromatic rings. The molecular formula is C27H36N6O3S. The predicted octanol–water partition coefficient (Wildman–Crippen LogP) is 4.82. The summed E-state index contributed by atoms with van der Waals surface area (Å²) < 4.78 is 82.3. The van der Waals surface area contributed by atoms with Gasteiger partial charge in [-0.1, -0.05) is 6.07 Å². The first-order valence-electron chi connectivity index (χ1n) is 14.9. The van der Waals surface area contributed by atoms with Crippen LogP contribution in [0.1, 0.15) is 47.4 Å². The minimum atomic E-state index is -3.73. The summed E-state index contributed by atoms with van der Waals surface area (Å²) in [6.07, 6.45) is 1.49. The average Bonchev–Trinajstić information content (AvgIpc) is 3.12. The second-order valence-corrected chi connectivity index (χ2v) is 11.2. The van der Waals surface area contributed by atoms with Gasteiger partial charge in [-0.3, -0.25) is 4.90 Å². The van der Waals surface area contributed by atoms with E-state index in [0.29, 0.717) is 17.2 Å². The summed E-state index contributed by atoms with van der Waals surface area (Å²) in [5, 5.41) is 6.22. The summed E-state index contributed by atoms with van der Waals surface area (Å²) in [7, 11) is -3.73. The van der Waals surface area contributed by atoms with Crippen LogP contribution in [0.2, 0.25) is 0 Å². The van der Waals surface area contributed by atoms with Crippen LogP contribution in [-0.2, 0) is 10.0 Å². The molecular weight excluding hydrogens is 488 g/mol. The van der Waals surface area contributed by atoms with Gasteiger partial charge in [0.2, 0.25) is 16.0 Å². The molecule has 1 aliphatic rings. The molecule has 9 nitrogen and oxygen atoms in total. The van der Waals surface area contributed by atoms with Crippen molar-refractivity contribution in [2.45, 2.75) is 51.0 Å². The molecule has 0 aliphatic carbocycles. The van der Waals surface area contributed by atoms with Gasteiger partial charge in [0.05, 0.1) is 6.27 Å². The van der Waals surface area contributed by atoms with Crippen molar-refractivity contribution >= 4 is 33.2 Å². The van der Waals surface area contributed by atoms with Crippen molar-refractivity contribution in [2.75, 3.05) is 36.7 Å². The molecule has 0 radical (unpaired) electrons. The number of anilines is 4. The summed E-state index contributed by atoms with van der Waals surface area (Å²) >= 11 is 0. The molecule has 198 valence electrons. The summed E-state index contributed by atoms with van der Waals surface area (Å²) in [5.41, 5.74) is 1.22. The highest BCUT2D eigenvalue weighted by Gasteiger charge is 2.22. The molecule has 1 aliphatic heterocycles. The number of aromatic nitrogens is 2. The van der Waals surface area contributed by atoms with E-state index in [1.165, 1.54) is 12.1 Å². The quantitative estimate of drug-likeness (QED) is 0.342. The van der Waals surface area contributed by atoms with Crippen LogP contribution < -0.4 is 20.1 Å². The first-order valence-corrected chi connectivity index (χ1v) is 13.3. The van der Waals surface area contributed by atoms with Crippen molar-refractivity contribution in [3.8, 4) is 5.75 Å². The van der Waals surface area contributed by atoms with Crippen LogP contribution in [0.25, 0.3) is 0 Å². The summed E-state index contributed by atoms with van der Waals surface area (Å²) in [6, 6.07) is 12.8. The predicted molar refractivity (Wildman–Crippen MR) is 147 cm³/mol. The van der Waals surface area contributed by atoms with Crippen LogP contribution in [0.3, 0.4) is 0 Å². The number of aryl methyl sites for hydroxylation is 1. The van der Waals surface area contributed by atoms with Crippen LogP contribution >= 0.6 is 0 Å². The van der Waals surface area contributed by atoms with E-state index in [2.05, 4.69) is 25.3 Å². The maximum Gasteiger partial charge on any atom is 0.241 e. The molecule has 0 spiro atoms. The lowest BCUT2D eigenvalue weighted by molar-refractivity contribution is 0.238. The van der Waals surface area contributed by atoms with Gasteiger partial charge in [-0.15, -0.1) is 0 Å². The molecule has 0 amide bonds. The Kier molecular flexibility index (Phi) is 6.14. The summed E-state index contributed by atoms with van der Waals surface area (Å²) in [5.74, 6) is 0.991. The van der Waals surface area contributed by atoms with E-state index in [-0.39, 0.29) is 29.4 Å². The molecule has 1 saturated heterocycles. The standard InChI is InChI=1S/C27H36N6O3S/c1-20-19-28-26(30-21-10-12-23(13-11-21)36-17-16-33-14-5-6-15-33)31-25(20)29-22-8-7-9-24(18-22)37(34,35)32-27(2,3)4/h7-13,18-19,32H,5-6,14-17H2,1-4H3,(H2,28,29,30,31)/i14D2,15D2,16D,17D. The Labute approximate surface area is 228 Å². The largest absolute Gasteiger partial charge is 0.492 e. The van der Waals surface area contributed by atoms with Crippen molar-refractivity contribution in [3.05, 3.63) is 60.3 Å². The molecule has 2 aromatic carbocycles. The van der Waals surface area contributed by atoms with Crippen molar-refractivity contribution in [3.63, 3.8) is 0 Å². The number of rotatable bonds is 10. The van der Waals surface area contributed by atoms with E-state index in [0.717, 1.165) is 10.5 Å². The van der Waals surface area contributed by atoms with Gasteiger partial charge < -0.3 is 15.4 Å². The van der Waals surface area contributed by atoms with Crippen LogP contribution in [0.4, 0.5) is 23.1 Å². The highest BCUT2D eigenvalue weighted by Crippen LogP contribution is 2.24. The van der Waals surface area contributed by atoms with E-state index >= 15 is 0 Å². The third kappa shape index (κ3) is 7.88. The zero-order valence-corrected chi connectivity index (χ0v) is 22.1. The smallest absolute Gasteiger partial charge is 0.241 e. The van der Waals surface area contributed by atoms with Gasteiger partial charge in [0, 0.05) is 42.0 Å². The zero-order chi connectivity index (χ0) is 31.8. The van der Waals surface area contributed by atoms with Crippen LogP contribution in [0.15, 0.2) is 59.6 Å². The Morgan fingerprint density at radius 1 is 1.08 bits per heavy atom.